The van der Waals surface area contributed by atoms with Gasteiger partial charge in [-0.05, 0) is 29.8 Å². The Hall–Kier alpha value is -2.63. The Morgan fingerprint density at radius 2 is 2.10 bits per heavy atom. The lowest BCUT2D eigenvalue weighted by molar-refractivity contribution is -0.387. The number of ether oxygens (including phenoxy) is 1. The summed E-state index contributed by atoms with van der Waals surface area (Å²) in [6.07, 6.45) is 0. The zero-order valence-corrected chi connectivity index (χ0v) is 10.8. The van der Waals surface area contributed by atoms with E-state index in [0.717, 1.165) is 17.4 Å². The molecule has 0 amide bonds. The highest BCUT2D eigenvalue weighted by Gasteiger charge is 2.14. The number of nitro benzene ring substituents is 1. The van der Waals surface area contributed by atoms with E-state index in [1.807, 2.05) is 24.3 Å². The molecule has 0 aromatic heterocycles. The van der Waals surface area contributed by atoms with Crippen LogP contribution in [0.15, 0.2) is 42.5 Å². The first-order valence-electron chi connectivity index (χ1n) is 5.91. The molecule has 6 heteroatoms. The second-order valence-electron chi connectivity index (χ2n) is 4.13. The minimum atomic E-state index is -0.845. The molecule has 20 heavy (non-hydrogen) atoms. The molecule has 104 valence electrons. The van der Waals surface area contributed by atoms with Gasteiger partial charge in [-0.1, -0.05) is 12.1 Å². The summed E-state index contributed by atoms with van der Waals surface area (Å²) in [6.45, 7) is 0.458. The number of nitro groups is 1. The highest BCUT2D eigenvalue weighted by molar-refractivity contribution is 5.52. The van der Waals surface area contributed by atoms with Crippen molar-refractivity contribution in [2.75, 3.05) is 12.4 Å². The first-order chi connectivity index (χ1) is 9.60. The molecular formula is C14H13FN2O3. The summed E-state index contributed by atoms with van der Waals surface area (Å²) >= 11 is 0. The van der Waals surface area contributed by atoms with Crippen LogP contribution in [0.5, 0.6) is 5.75 Å². The number of methoxy groups -OCH3 is 1. The molecule has 0 atom stereocenters. The highest BCUT2D eigenvalue weighted by atomic mass is 19.1. The van der Waals surface area contributed by atoms with Gasteiger partial charge in [-0.3, -0.25) is 10.1 Å². The molecule has 0 radical (unpaired) electrons. The summed E-state index contributed by atoms with van der Waals surface area (Å²) in [5, 5.41) is 13.7. The van der Waals surface area contributed by atoms with E-state index >= 15 is 0 Å². The van der Waals surface area contributed by atoms with Crippen molar-refractivity contribution in [3.05, 3.63) is 64.0 Å². The molecule has 0 aliphatic rings. The van der Waals surface area contributed by atoms with E-state index in [4.69, 9.17) is 4.74 Å². The fourth-order valence-corrected chi connectivity index (χ4v) is 1.75. The second-order valence-corrected chi connectivity index (χ2v) is 4.13. The zero-order chi connectivity index (χ0) is 14.5. The molecule has 0 saturated carbocycles. The third kappa shape index (κ3) is 3.23. The van der Waals surface area contributed by atoms with Crippen LogP contribution in [0.25, 0.3) is 0 Å². The van der Waals surface area contributed by atoms with Crippen LogP contribution in [0.2, 0.25) is 0 Å². The maximum absolute atomic E-state index is 13.2. The van der Waals surface area contributed by atoms with Gasteiger partial charge in [0, 0.05) is 18.3 Å². The molecule has 0 fully saturated rings. The van der Waals surface area contributed by atoms with Gasteiger partial charge < -0.3 is 10.1 Å². The van der Waals surface area contributed by atoms with E-state index in [1.54, 1.807) is 7.11 Å². The van der Waals surface area contributed by atoms with E-state index < -0.39 is 16.4 Å². The van der Waals surface area contributed by atoms with Crippen molar-refractivity contribution in [2.45, 2.75) is 6.54 Å². The van der Waals surface area contributed by atoms with Crippen molar-refractivity contribution in [1.82, 2.24) is 0 Å². The van der Waals surface area contributed by atoms with Crippen LogP contribution in [0.3, 0.4) is 0 Å². The Bertz CT molecular complexity index is 632. The minimum Gasteiger partial charge on any atom is -0.497 e. The van der Waals surface area contributed by atoms with Gasteiger partial charge in [0.15, 0.2) is 0 Å². The Balaban J connectivity index is 2.10. The summed E-state index contributed by atoms with van der Waals surface area (Å²) in [5.74, 6) is -0.115. The molecule has 1 N–H and O–H groups in total. The van der Waals surface area contributed by atoms with E-state index in [2.05, 4.69) is 5.32 Å². The monoisotopic (exact) mass is 276 g/mol. The summed E-state index contributed by atoms with van der Waals surface area (Å²) in [6, 6.07) is 11.1. The molecule has 0 heterocycles. The molecule has 2 rings (SSSR count). The molecule has 0 spiro atoms. The third-order valence-corrected chi connectivity index (χ3v) is 2.77. The number of rotatable bonds is 5. The zero-order valence-electron chi connectivity index (χ0n) is 10.8. The van der Waals surface area contributed by atoms with Crippen molar-refractivity contribution in [3.8, 4) is 5.75 Å². The van der Waals surface area contributed by atoms with Crippen molar-refractivity contribution in [2.24, 2.45) is 0 Å². The molecule has 0 saturated heterocycles. The second kappa shape index (κ2) is 6.01. The molecule has 5 nitrogen and oxygen atoms in total. The van der Waals surface area contributed by atoms with Gasteiger partial charge >= 0.3 is 5.69 Å². The largest absolute Gasteiger partial charge is 0.497 e. The molecule has 0 unspecified atom stereocenters. The lowest BCUT2D eigenvalue weighted by Crippen LogP contribution is -2.01. The topological polar surface area (TPSA) is 64.4 Å². The van der Waals surface area contributed by atoms with Crippen LogP contribution < -0.4 is 10.1 Å². The normalized spacial score (nSPS) is 10.1. The predicted molar refractivity (Wildman–Crippen MR) is 73.4 cm³/mol. The van der Waals surface area contributed by atoms with E-state index in [1.165, 1.54) is 12.1 Å². The fraction of sp³-hybridized carbons (Fsp3) is 0.143. The van der Waals surface area contributed by atoms with Crippen LogP contribution in [0, 0.1) is 15.9 Å². The van der Waals surface area contributed by atoms with Crippen LogP contribution in [0.4, 0.5) is 15.8 Å². The molecule has 2 aromatic carbocycles. The van der Waals surface area contributed by atoms with Gasteiger partial charge in [0.25, 0.3) is 0 Å². The van der Waals surface area contributed by atoms with Gasteiger partial charge in [0.1, 0.15) is 5.75 Å². The summed E-state index contributed by atoms with van der Waals surface area (Å²) in [5.41, 5.74) is 0.901. The third-order valence-electron chi connectivity index (χ3n) is 2.77. The average Bonchev–Trinajstić information content (AvgIpc) is 2.46. The number of hydrogen-bond acceptors (Lipinski definition) is 4. The molecule has 0 aliphatic carbocycles. The maximum Gasteiger partial charge on any atom is 0.306 e. The Morgan fingerprint density at radius 3 is 2.80 bits per heavy atom. The summed E-state index contributed by atoms with van der Waals surface area (Å²) in [7, 11) is 1.58. The number of anilines is 1. The maximum atomic E-state index is 13.2. The summed E-state index contributed by atoms with van der Waals surface area (Å²) < 4.78 is 18.3. The van der Waals surface area contributed by atoms with Crippen molar-refractivity contribution in [3.63, 3.8) is 0 Å². The standard InChI is InChI=1S/C14H13FN2O3/c1-20-12-4-2-3-10(7-12)9-16-11-5-6-13(15)14(8-11)17(18)19/h2-8,16H,9H2,1H3. The van der Waals surface area contributed by atoms with E-state index in [0.29, 0.717) is 12.2 Å². The quantitative estimate of drug-likeness (QED) is 0.671. The number of hydrogen-bond donors (Lipinski definition) is 1. The lowest BCUT2D eigenvalue weighted by Gasteiger charge is -2.08. The molecule has 0 aliphatic heterocycles. The van der Waals surface area contributed by atoms with Crippen molar-refractivity contribution < 1.29 is 14.1 Å². The van der Waals surface area contributed by atoms with Gasteiger partial charge in [0.05, 0.1) is 12.0 Å². The number of nitrogens with zero attached hydrogens (tertiary/aromatic N) is 1. The molecular weight excluding hydrogens is 263 g/mol. The van der Waals surface area contributed by atoms with E-state index in [9.17, 15) is 14.5 Å². The smallest absolute Gasteiger partial charge is 0.306 e. The van der Waals surface area contributed by atoms with Crippen LogP contribution in [0.1, 0.15) is 5.56 Å². The Morgan fingerprint density at radius 1 is 1.30 bits per heavy atom. The van der Waals surface area contributed by atoms with Crippen LogP contribution in [-0.2, 0) is 6.54 Å². The Kier molecular flexibility index (Phi) is 4.14. The number of nitrogens with one attached hydrogen (secondary N) is 1. The van der Waals surface area contributed by atoms with Crippen molar-refractivity contribution >= 4 is 11.4 Å². The predicted octanol–water partition coefficient (Wildman–Crippen LogP) is 3.35. The first-order valence-corrected chi connectivity index (χ1v) is 5.91. The highest BCUT2D eigenvalue weighted by Crippen LogP contribution is 2.22. The van der Waals surface area contributed by atoms with Gasteiger partial charge in [-0.15, -0.1) is 0 Å². The first kappa shape index (κ1) is 13.8. The molecule has 0 bridgehead atoms. The van der Waals surface area contributed by atoms with Gasteiger partial charge in [-0.25, -0.2) is 0 Å². The number of benzene rings is 2. The minimum absolute atomic E-state index is 0.458. The Labute approximate surface area is 115 Å². The summed E-state index contributed by atoms with van der Waals surface area (Å²) in [4.78, 5) is 9.91. The number of halogens is 1. The van der Waals surface area contributed by atoms with Crippen LogP contribution in [-0.4, -0.2) is 12.0 Å². The van der Waals surface area contributed by atoms with Gasteiger partial charge in [0.2, 0.25) is 5.82 Å². The van der Waals surface area contributed by atoms with Crippen LogP contribution >= 0.6 is 0 Å². The lowest BCUT2D eigenvalue weighted by atomic mass is 10.2. The van der Waals surface area contributed by atoms with E-state index in [-0.39, 0.29) is 0 Å². The fourth-order valence-electron chi connectivity index (χ4n) is 1.75. The molecule has 2 aromatic rings. The van der Waals surface area contributed by atoms with Crippen molar-refractivity contribution in [1.29, 1.82) is 0 Å². The SMILES string of the molecule is COc1cccc(CNc2ccc(F)c([N+](=O)[O-])c2)c1. The average molecular weight is 276 g/mol. The van der Waals surface area contributed by atoms with Gasteiger partial charge in [-0.2, -0.15) is 4.39 Å².